The molecule has 2 aromatic heterocycles. The summed E-state index contributed by atoms with van der Waals surface area (Å²) in [5.74, 6) is 1.49. The summed E-state index contributed by atoms with van der Waals surface area (Å²) in [5, 5.41) is 13.3. The Hall–Kier alpha value is -3.22. The van der Waals surface area contributed by atoms with Crippen molar-refractivity contribution in [2.45, 2.75) is 13.1 Å². The van der Waals surface area contributed by atoms with Gasteiger partial charge >= 0.3 is 0 Å². The molecular formula is C17H19N7. The highest BCUT2D eigenvalue weighted by atomic mass is 15.2. The van der Waals surface area contributed by atoms with Gasteiger partial charge in [-0.2, -0.15) is 5.10 Å². The Morgan fingerprint density at radius 3 is 2.75 bits per heavy atom. The highest BCUT2D eigenvalue weighted by Crippen LogP contribution is 2.15. The molecule has 0 unspecified atom stereocenters. The summed E-state index contributed by atoms with van der Waals surface area (Å²) in [4.78, 5) is 12.7. The van der Waals surface area contributed by atoms with Crippen LogP contribution in [0.15, 0.2) is 60.0 Å². The standard InChI is InChI=1S/C17H19N7/c1-18-17(21-11-15-7-2-3-8-19-15)20-10-13-5-4-6-14(9-13)16-22-12-23-24-16/h2-9,12H,10-11H2,1H3,(H2,18,20,21)(H,22,23,24). The summed E-state index contributed by atoms with van der Waals surface area (Å²) < 4.78 is 0. The van der Waals surface area contributed by atoms with Crippen molar-refractivity contribution in [1.29, 1.82) is 0 Å². The number of aliphatic imine (C=N–C) groups is 1. The van der Waals surface area contributed by atoms with Crippen LogP contribution in [0.2, 0.25) is 0 Å². The highest BCUT2D eigenvalue weighted by Gasteiger charge is 2.03. The average molecular weight is 321 g/mol. The van der Waals surface area contributed by atoms with Gasteiger partial charge < -0.3 is 10.6 Å². The molecule has 3 rings (SSSR count). The Labute approximate surface area is 140 Å². The molecule has 3 aromatic rings. The smallest absolute Gasteiger partial charge is 0.191 e. The van der Waals surface area contributed by atoms with Gasteiger partial charge in [0.15, 0.2) is 11.8 Å². The lowest BCUT2D eigenvalue weighted by molar-refractivity contribution is 0.794. The Morgan fingerprint density at radius 2 is 2.00 bits per heavy atom. The van der Waals surface area contributed by atoms with Gasteiger partial charge in [-0.1, -0.05) is 24.3 Å². The van der Waals surface area contributed by atoms with Gasteiger partial charge in [-0.05, 0) is 23.8 Å². The molecule has 0 aliphatic carbocycles. The molecule has 0 aliphatic rings. The summed E-state index contributed by atoms with van der Waals surface area (Å²) in [6.45, 7) is 1.28. The minimum absolute atomic E-state index is 0.624. The van der Waals surface area contributed by atoms with Crippen LogP contribution in [-0.2, 0) is 13.1 Å². The van der Waals surface area contributed by atoms with Crippen LogP contribution in [-0.4, -0.2) is 33.2 Å². The third-order valence-corrected chi connectivity index (χ3v) is 3.46. The Balaban J connectivity index is 1.57. The largest absolute Gasteiger partial charge is 0.352 e. The quantitative estimate of drug-likeness (QED) is 0.492. The first-order valence-corrected chi connectivity index (χ1v) is 7.64. The van der Waals surface area contributed by atoms with Crippen LogP contribution >= 0.6 is 0 Å². The number of nitrogens with zero attached hydrogens (tertiary/aromatic N) is 4. The molecule has 0 radical (unpaired) electrons. The van der Waals surface area contributed by atoms with E-state index in [1.165, 1.54) is 6.33 Å². The predicted molar refractivity (Wildman–Crippen MR) is 93.1 cm³/mol. The third kappa shape index (κ3) is 4.16. The summed E-state index contributed by atoms with van der Waals surface area (Å²) in [5.41, 5.74) is 3.10. The van der Waals surface area contributed by atoms with Gasteiger partial charge in [0.25, 0.3) is 0 Å². The lowest BCUT2D eigenvalue weighted by Gasteiger charge is -2.12. The van der Waals surface area contributed by atoms with E-state index in [4.69, 9.17) is 0 Å². The van der Waals surface area contributed by atoms with Gasteiger partial charge in [-0.25, -0.2) is 4.98 Å². The number of guanidine groups is 1. The molecule has 0 fully saturated rings. The normalized spacial score (nSPS) is 11.3. The molecule has 0 saturated heterocycles. The maximum Gasteiger partial charge on any atom is 0.191 e. The fraction of sp³-hybridized carbons (Fsp3) is 0.176. The maximum absolute atomic E-state index is 4.28. The van der Waals surface area contributed by atoms with Crippen LogP contribution in [0.4, 0.5) is 0 Å². The first kappa shape index (κ1) is 15.7. The van der Waals surface area contributed by atoms with E-state index < -0.39 is 0 Å². The number of H-pyrrole nitrogens is 1. The zero-order valence-corrected chi connectivity index (χ0v) is 13.4. The number of benzene rings is 1. The molecule has 0 aliphatic heterocycles. The van der Waals surface area contributed by atoms with Crippen molar-refractivity contribution in [2.75, 3.05) is 7.05 Å². The molecule has 7 nitrogen and oxygen atoms in total. The molecule has 7 heteroatoms. The topological polar surface area (TPSA) is 90.9 Å². The second kappa shape index (κ2) is 7.87. The number of rotatable bonds is 5. The first-order chi connectivity index (χ1) is 11.8. The first-order valence-electron chi connectivity index (χ1n) is 7.64. The zero-order valence-electron chi connectivity index (χ0n) is 13.4. The van der Waals surface area contributed by atoms with E-state index in [1.54, 1.807) is 13.2 Å². The number of nitrogens with one attached hydrogen (secondary N) is 3. The molecule has 122 valence electrons. The molecule has 0 spiro atoms. The molecule has 0 bridgehead atoms. The van der Waals surface area contributed by atoms with Crippen LogP contribution in [0.3, 0.4) is 0 Å². The Bertz CT molecular complexity index is 782. The van der Waals surface area contributed by atoms with E-state index in [9.17, 15) is 0 Å². The second-order valence-electron chi connectivity index (χ2n) is 5.13. The summed E-state index contributed by atoms with van der Waals surface area (Å²) >= 11 is 0. The van der Waals surface area contributed by atoms with Crippen molar-refractivity contribution in [2.24, 2.45) is 4.99 Å². The summed E-state index contributed by atoms with van der Waals surface area (Å²) in [7, 11) is 1.75. The van der Waals surface area contributed by atoms with E-state index in [2.05, 4.69) is 47.9 Å². The molecule has 0 amide bonds. The van der Waals surface area contributed by atoms with Gasteiger partial charge in [-0.3, -0.25) is 15.1 Å². The number of hydrogen-bond acceptors (Lipinski definition) is 4. The summed E-state index contributed by atoms with van der Waals surface area (Å²) in [6, 6.07) is 14.0. The number of aromatic amines is 1. The minimum atomic E-state index is 0.624. The minimum Gasteiger partial charge on any atom is -0.352 e. The number of aromatic nitrogens is 4. The van der Waals surface area contributed by atoms with Crippen LogP contribution in [0.5, 0.6) is 0 Å². The van der Waals surface area contributed by atoms with Gasteiger partial charge in [0.2, 0.25) is 0 Å². The highest BCUT2D eigenvalue weighted by molar-refractivity contribution is 5.79. The van der Waals surface area contributed by atoms with Crippen molar-refractivity contribution in [1.82, 2.24) is 30.8 Å². The van der Waals surface area contributed by atoms with E-state index in [1.807, 2.05) is 30.3 Å². The molecule has 1 aromatic carbocycles. The SMILES string of the molecule is CN=C(NCc1cccc(-c2ncn[nH]2)c1)NCc1ccccn1. The molecule has 0 saturated carbocycles. The maximum atomic E-state index is 4.28. The fourth-order valence-corrected chi connectivity index (χ4v) is 2.26. The number of pyridine rings is 1. The van der Waals surface area contributed by atoms with Crippen molar-refractivity contribution in [3.05, 3.63) is 66.2 Å². The van der Waals surface area contributed by atoms with Crippen molar-refractivity contribution in [3.8, 4) is 11.4 Å². The van der Waals surface area contributed by atoms with E-state index in [0.29, 0.717) is 13.1 Å². The molecule has 2 heterocycles. The summed E-state index contributed by atoms with van der Waals surface area (Å²) in [6.07, 6.45) is 3.28. The van der Waals surface area contributed by atoms with Gasteiger partial charge in [0.1, 0.15) is 6.33 Å². The predicted octanol–water partition coefficient (Wildman–Crippen LogP) is 1.73. The monoisotopic (exact) mass is 321 g/mol. The molecule has 24 heavy (non-hydrogen) atoms. The lowest BCUT2D eigenvalue weighted by Crippen LogP contribution is -2.36. The van der Waals surface area contributed by atoms with E-state index in [-0.39, 0.29) is 0 Å². The molecule has 3 N–H and O–H groups in total. The Kier molecular flexibility index (Phi) is 5.14. The third-order valence-electron chi connectivity index (χ3n) is 3.46. The van der Waals surface area contributed by atoms with Crippen molar-refractivity contribution >= 4 is 5.96 Å². The van der Waals surface area contributed by atoms with Crippen LogP contribution in [0.25, 0.3) is 11.4 Å². The van der Waals surface area contributed by atoms with Gasteiger partial charge in [-0.15, -0.1) is 0 Å². The van der Waals surface area contributed by atoms with Crippen molar-refractivity contribution < 1.29 is 0 Å². The van der Waals surface area contributed by atoms with E-state index >= 15 is 0 Å². The fourth-order valence-electron chi connectivity index (χ4n) is 2.26. The van der Waals surface area contributed by atoms with Crippen molar-refractivity contribution in [3.63, 3.8) is 0 Å². The number of hydrogen-bond donors (Lipinski definition) is 3. The molecular weight excluding hydrogens is 302 g/mol. The zero-order chi connectivity index (χ0) is 16.6. The molecule has 0 atom stereocenters. The van der Waals surface area contributed by atoms with Crippen LogP contribution in [0.1, 0.15) is 11.3 Å². The van der Waals surface area contributed by atoms with Gasteiger partial charge in [0, 0.05) is 25.4 Å². The van der Waals surface area contributed by atoms with E-state index in [0.717, 1.165) is 28.6 Å². The van der Waals surface area contributed by atoms with Gasteiger partial charge in [0.05, 0.1) is 12.2 Å². The lowest BCUT2D eigenvalue weighted by atomic mass is 10.1. The second-order valence-corrected chi connectivity index (χ2v) is 5.13. The van der Waals surface area contributed by atoms with Crippen LogP contribution in [0, 0.1) is 0 Å². The average Bonchev–Trinajstić information content (AvgIpc) is 3.18. The van der Waals surface area contributed by atoms with Crippen LogP contribution < -0.4 is 10.6 Å². The Morgan fingerprint density at radius 1 is 1.08 bits per heavy atom.